The summed E-state index contributed by atoms with van der Waals surface area (Å²) >= 11 is 15.6. The second-order valence-corrected chi connectivity index (χ2v) is 11.4. The average Bonchev–Trinajstić information content (AvgIpc) is 3.02. The fourth-order valence-corrected chi connectivity index (χ4v) is 5.26. The number of carbonyl (C=O) groups is 2. The minimum atomic E-state index is -0.635. The summed E-state index contributed by atoms with van der Waals surface area (Å²) in [4.78, 5) is 30.2. The first-order valence-electron chi connectivity index (χ1n) is 12.5. The minimum Gasteiger partial charge on any atom is -0.457 e. The highest BCUT2D eigenvalue weighted by molar-refractivity contribution is 9.10. The van der Waals surface area contributed by atoms with E-state index in [-0.39, 0.29) is 18.5 Å². The van der Waals surface area contributed by atoms with Crippen molar-refractivity contribution in [2.75, 3.05) is 19.6 Å². The van der Waals surface area contributed by atoms with Crippen molar-refractivity contribution < 1.29 is 14.3 Å². The molecule has 1 aliphatic heterocycles. The summed E-state index contributed by atoms with van der Waals surface area (Å²) in [6, 6.07) is 20.7. The Morgan fingerprint density at radius 3 is 2.47 bits per heavy atom. The highest BCUT2D eigenvalue weighted by atomic mass is 79.9. The molecule has 1 fully saturated rings. The normalized spacial score (nSPS) is 18.1. The van der Waals surface area contributed by atoms with E-state index in [9.17, 15) is 9.59 Å². The number of nitrogens with zero attached hydrogens (tertiary/aromatic N) is 2. The predicted molar refractivity (Wildman–Crippen MR) is 155 cm³/mol. The molecule has 1 saturated heterocycles. The summed E-state index contributed by atoms with van der Waals surface area (Å²) in [7, 11) is 0. The molecule has 4 rings (SSSR count). The number of halogens is 3. The molecule has 1 heterocycles. The van der Waals surface area contributed by atoms with Crippen molar-refractivity contribution in [3.63, 3.8) is 0 Å². The van der Waals surface area contributed by atoms with E-state index in [0.717, 1.165) is 17.6 Å². The molecule has 0 aliphatic carbocycles. The molecule has 3 aromatic rings. The van der Waals surface area contributed by atoms with Crippen LogP contribution in [0.1, 0.15) is 25.0 Å². The standard InChI is InChI=1S/C29H30BrCl2N3O3/c1-19-15-34(18-21-6-4-3-5-7-21)17-20(2)35(16-19)29(37)28(36)33-14-22-8-9-23(30)12-27(22)38-24-10-11-25(31)26(32)13-24/h3-13,19-20H,14-18H2,1-2H3,(H,33,36). The molecule has 2 amide bonds. The van der Waals surface area contributed by atoms with E-state index < -0.39 is 11.8 Å². The zero-order valence-corrected chi connectivity index (χ0v) is 24.4. The summed E-state index contributed by atoms with van der Waals surface area (Å²) in [6.07, 6.45) is 0. The molecule has 2 atom stereocenters. The molecular formula is C29H30BrCl2N3O3. The predicted octanol–water partition coefficient (Wildman–Crippen LogP) is 6.53. The summed E-state index contributed by atoms with van der Waals surface area (Å²) in [6.45, 7) is 7.15. The molecular weight excluding hydrogens is 589 g/mol. The molecule has 3 aromatic carbocycles. The monoisotopic (exact) mass is 617 g/mol. The van der Waals surface area contributed by atoms with E-state index in [2.05, 4.69) is 45.2 Å². The lowest BCUT2D eigenvalue weighted by atomic mass is 10.1. The van der Waals surface area contributed by atoms with Crippen LogP contribution >= 0.6 is 39.1 Å². The number of rotatable bonds is 6. The van der Waals surface area contributed by atoms with Crippen LogP contribution in [0.4, 0.5) is 0 Å². The molecule has 0 spiro atoms. The molecule has 0 radical (unpaired) electrons. The first kappa shape index (κ1) is 28.4. The second-order valence-electron chi connectivity index (χ2n) is 9.70. The zero-order chi connectivity index (χ0) is 27.2. The Morgan fingerprint density at radius 2 is 1.74 bits per heavy atom. The zero-order valence-electron chi connectivity index (χ0n) is 21.3. The molecule has 9 heteroatoms. The van der Waals surface area contributed by atoms with E-state index in [1.54, 1.807) is 29.2 Å². The van der Waals surface area contributed by atoms with Crippen molar-refractivity contribution in [3.8, 4) is 11.5 Å². The van der Waals surface area contributed by atoms with E-state index in [1.165, 1.54) is 5.56 Å². The SMILES string of the molecule is CC1CN(Cc2ccccc2)CC(C)N(C(=O)C(=O)NCc2ccc(Br)cc2Oc2ccc(Cl)c(Cl)c2)C1. The molecule has 2 unspecified atom stereocenters. The summed E-state index contributed by atoms with van der Waals surface area (Å²) in [5.74, 6) is 0.115. The maximum atomic E-state index is 13.2. The van der Waals surface area contributed by atoms with Crippen molar-refractivity contribution in [2.45, 2.75) is 33.0 Å². The number of ether oxygens (including phenoxy) is 1. The van der Waals surface area contributed by atoms with Crippen LogP contribution in [-0.4, -0.2) is 47.3 Å². The second kappa shape index (κ2) is 13.0. The molecule has 1 N–H and O–H groups in total. The third-order valence-corrected chi connectivity index (χ3v) is 7.66. The van der Waals surface area contributed by atoms with Gasteiger partial charge in [-0.15, -0.1) is 0 Å². The molecule has 0 saturated carbocycles. The quantitative estimate of drug-likeness (QED) is 0.319. The lowest BCUT2D eigenvalue weighted by Gasteiger charge is -2.28. The Kier molecular flexibility index (Phi) is 9.71. The van der Waals surface area contributed by atoms with Gasteiger partial charge in [0.25, 0.3) is 0 Å². The van der Waals surface area contributed by atoms with Crippen LogP contribution in [0.2, 0.25) is 10.0 Å². The molecule has 6 nitrogen and oxygen atoms in total. The van der Waals surface area contributed by atoms with Crippen molar-refractivity contribution in [3.05, 3.63) is 92.4 Å². The summed E-state index contributed by atoms with van der Waals surface area (Å²) in [5.41, 5.74) is 1.95. The lowest BCUT2D eigenvalue weighted by molar-refractivity contribution is -0.147. The minimum absolute atomic E-state index is 0.0943. The van der Waals surface area contributed by atoms with Crippen molar-refractivity contribution in [2.24, 2.45) is 5.92 Å². The number of hydrogen-bond acceptors (Lipinski definition) is 4. The van der Waals surface area contributed by atoms with Crippen molar-refractivity contribution >= 4 is 50.9 Å². The first-order valence-corrected chi connectivity index (χ1v) is 14.0. The maximum absolute atomic E-state index is 13.2. The number of benzene rings is 3. The van der Waals surface area contributed by atoms with E-state index in [1.807, 2.05) is 37.3 Å². The third-order valence-electron chi connectivity index (χ3n) is 6.42. The maximum Gasteiger partial charge on any atom is 0.312 e. The number of amides is 2. The van der Waals surface area contributed by atoms with Crippen molar-refractivity contribution in [1.29, 1.82) is 0 Å². The van der Waals surface area contributed by atoms with Crippen LogP contribution in [-0.2, 0) is 22.7 Å². The van der Waals surface area contributed by atoms with Gasteiger partial charge in [0.15, 0.2) is 0 Å². The third kappa shape index (κ3) is 7.50. The van der Waals surface area contributed by atoms with Gasteiger partial charge < -0.3 is 15.0 Å². The van der Waals surface area contributed by atoms with Crippen LogP contribution in [0.15, 0.2) is 71.2 Å². The van der Waals surface area contributed by atoms with Crippen LogP contribution in [0.3, 0.4) is 0 Å². The fourth-order valence-electron chi connectivity index (χ4n) is 4.63. The van der Waals surface area contributed by atoms with Gasteiger partial charge in [0.1, 0.15) is 11.5 Å². The van der Waals surface area contributed by atoms with Gasteiger partial charge in [-0.2, -0.15) is 0 Å². The smallest absolute Gasteiger partial charge is 0.312 e. The van der Waals surface area contributed by atoms with Gasteiger partial charge in [-0.25, -0.2) is 0 Å². The lowest BCUT2D eigenvalue weighted by Crippen LogP contribution is -2.49. The Morgan fingerprint density at radius 1 is 0.974 bits per heavy atom. The van der Waals surface area contributed by atoms with Gasteiger partial charge in [-0.3, -0.25) is 14.5 Å². The van der Waals surface area contributed by atoms with Gasteiger partial charge in [-0.1, -0.05) is 82.5 Å². The van der Waals surface area contributed by atoms with Crippen LogP contribution in [0.5, 0.6) is 11.5 Å². The van der Waals surface area contributed by atoms with Gasteiger partial charge in [0.2, 0.25) is 0 Å². The van der Waals surface area contributed by atoms with E-state index in [4.69, 9.17) is 27.9 Å². The Hall–Kier alpha value is -2.58. The average molecular weight is 619 g/mol. The molecule has 0 bridgehead atoms. The van der Waals surface area contributed by atoms with Gasteiger partial charge in [0, 0.05) is 54.9 Å². The highest BCUT2D eigenvalue weighted by Crippen LogP contribution is 2.32. The van der Waals surface area contributed by atoms with E-state index >= 15 is 0 Å². The Balaban J connectivity index is 1.40. The summed E-state index contributed by atoms with van der Waals surface area (Å²) < 4.78 is 6.83. The number of hydrogen-bond donors (Lipinski definition) is 1. The van der Waals surface area contributed by atoms with Crippen molar-refractivity contribution in [1.82, 2.24) is 15.1 Å². The Bertz CT molecular complexity index is 1290. The molecule has 38 heavy (non-hydrogen) atoms. The fraction of sp³-hybridized carbons (Fsp3) is 0.310. The number of nitrogens with one attached hydrogen (secondary N) is 1. The topological polar surface area (TPSA) is 61.9 Å². The van der Waals surface area contributed by atoms with Crippen LogP contribution in [0.25, 0.3) is 0 Å². The molecule has 200 valence electrons. The van der Waals surface area contributed by atoms with E-state index in [0.29, 0.717) is 40.2 Å². The van der Waals surface area contributed by atoms with Gasteiger partial charge in [0.05, 0.1) is 10.0 Å². The molecule has 0 aromatic heterocycles. The largest absolute Gasteiger partial charge is 0.457 e. The summed E-state index contributed by atoms with van der Waals surface area (Å²) in [5, 5.41) is 3.59. The van der Waals surface area contributed by atoms with Crippen LogP contribution < -0.4 is 10.1 Å². The molecule has 1 aliphatic rings. The van der Waals surface area contributed by atoms with Gasteiger partial charge in [-0.05, 0) is 42.7 Å². The number of carbonyl (C=O) groups excluding carboxylic acids is 2. The van der Waals surface area contributed by atoms with Gasteiger partial charge >= 0.3 is 11.8 Å². The highest BCUT2D eigenvalue weighted by Gasteiger charge is 2.32. The van der Waals surface area contributed by atoms with Crippen LogP contribution in [0, 0.1) is 5.92 Å². The Labute approximate surface area is 242 Å². The first-order chi connectivity index (χ1) is 18.2.